The number of amides is 3. The van der Waals surface area contributed by atoms with Gasteiger partial charge in [-0.05, 0) is 46.4 Å². The quantitative estimate of drug-likeness (QED) is 0.108. The molecule has 3 aliphatic rings. The second-order valence-corrected chi connectivity index (χ2v) is 14.7. The third-order valence-corrected chi connectivity index (χ3v) is 11.1. The molecule has 3 heterocycles. The minimum Gasteiger partial charge on any atom is -0.491 e. The molecule has 13 nitrogen and oxygen atoms in total. The largest absolute Gasteiger partial charge is 0.491 e. The Morgan fingerprint density at radius 3 is 2.14 bits per heavy atom. The van der Waals surface area contributed by atoms with Crippen molar-refractivity contribution in [1.82, 2.24) is 10.2 Å². The van der Waals surface area contributed by atoms with E-state index in [1.54, 1.807) is 62.4 Å². The monoisotopic (exact) mass is 787 g/mol. The molecular weight excluding hydrogens is 743 g/mol. The van der Waals surface area contributed by atoms with E-state index in [0.29, 0.717) is 22.4 Å². The highest BCUT2D eigenvalue weighted by atomic mass is 16.6. The highest BCUT2D eigenvalue weighted by molar-refractivity contribution is 6.24. The number of aliphatic hydroxyl groups excluding tert-OH is 1. The Balaban J connectivity index is 1.53. The van der Waals surface area contributed by atoms with E-state index >= 15 is 4.79 Å². The van der Waals surface area contributed by atoms with Crippen LogP contribution in [0.15, 0.2) is 122 Å². The van der Waals surface area contributed by atoms with Gasteiger partial charge in [-0.2, -0.15) is 0 Å². The first-order valence-corrected chi connectivity index (χ1v) is 19.1. The number of carbonyl (C=O) groups excluding carboxylic acids is 5. The number of ether oxygens (including phenoxy) is 4. The fourth-order valence-corrected chi connectivity index (χ4v) is 8.79. The van der Waals surface area contributed by atoms with Crippen LogP contribution in [-0.4, -0.2) is 78.9 Å². The van der Waals surface area contributed by atoms with E-state index in [0.717, 1.165) is 10.5 Å². The topological polar surface area (TPSA) is 161 Å². The molecular formula is C45H45N3O10. The molecule has 0 bridgehead atoms. The number of fused-ring (bicyclic) bond motifs is 3. The zero-order valence-corrected chi connectivity index (χ0v) is 32.4. The van der Waals surface area contributed by atoms with Gasteiger partial charge in [0.2, 0.25) is 5.91 Å². The lowest BCUT2D eigenvalue weighted by Crippen LogP contribution is -2.56. The molecule has 7 atom stereocenters. The van der Waals surface area contributed by atoms with Crippen molar-refractivity contribution in [3.05, 3.63) is 144 Å². The summed E-state index contributed by atoms with van der Waals surface area (Å²) in [4.78, 5) is 75.9. The number of anilines is 1. The second-order valence-electron chi connectivity index (χ2n) is 14.7. The summed E-state index contributed by atoms with van der Waals surface area (Å²) in [6.07, 6.45) is 0.486. The molecule has 0 radical (unpaired) electrons. The number of hydrogen-bond donors (Lipinski definition) is 2. The molecule has 2 N–H and O–H groups in total. The number of hydrogen-bond acceptors (Lipinski definition) is 11. The number of aliphatic hydroxyl groups is 1. The summed E-state index contributed by atoms with van der Waals surface area (Å²) < 4.78 is 22.9. The number of carbonyl (C=O) groups is 5. The summed E-state index contributed by atoms with van der Waals surface area (Å²) in [6.45, 7) is 6.77. The third-order valence-electron chi connectivity index (χ3n) is 11.1. The summed E-state index contributed by atoms with van der Waals surface area (Å²) >= 11 is 0. The molecule has 3 aliphatic heterocycles. The van der Waals surface area contributed by atoms with E-state index in [4.69, 9.17) is 18.9 Å². The zero-order valence-electron chi connectivity index (χ0n) is 32.4. The number of methoxy groups -OCH3 is 1. The normalized spacial score (nSPS) is 24.1. The van der Waals surface area contributed by atoms with Crippen LogP contribution in [0.4, 0.5) is 10.5 Å². The lowest BCUT2D eigenvalue weighted by molar-refractivity contribution is -0.180. The Bertz CT molecular complexity index is 2180. The molecule has 0 aromatic heterocycles. The standard InChI is InChI=1S/C45H45N3O10/c1-5-25-57-40(50)34-37-42(52)58-38(29-16-10-7-11-17-29)36(28-14-8-6-9-15-28)48(37)39(30-20-22-31(23-21-30)56-26-24-49)45(34)32-18-12-13-19-33(32)47(43(45)53)44(54)46-35(27(2)3)41(51)55-4/h5-23,27,34-39,49H,1,24-26H2,2-4H3,(H,46,54). The van der Waals surface area contributed by atoms with Gasteiger partial charge in [0, 0.05) is 0 Å². The Hall–Kier alpha value is -6.31. The summed E-state index contributed by atoms with van der Waals surface area (Å²) in [5.41, 5.74) is 0.399. The smallest absolute Gasteiger partial charge is 0.329 e. The van der Waals surface area contributed by atoms with Gasteiger partial charge in [-0.3, -0.25) is 19.3 Å². The third kappa shape index (κ3) is 6.69. The average molecular weight is 788 g/mol. The molecule has 2 saturated heterocycles. The number of urea groups is 1. The first-order valence-electron chi connectivity index (χ1n) is 19.1. The number of esters is 3. The second kappa shape index (κ2) is 16.7. The molecule has 0 aliphatic carbocycles. The van der Waals surface area contributed by atoms with Crippen LogP contribution in [-0.2, 0) is 38.8 Å². The first kappa shape index (κ1) is 39.9. The number of morpholine rings is 1. The van der Waals surface area contributed by atoms with Gasteiger partial charge in [-0.1, -0.05) is 117 Å². The predicted molar refractivity (Wildman–Crippen MR) is 211 cm³/mol. The fraction of sp³-hybridized carbons (Fsp3) is 0.311. The Morgan fingerprint density at radius 2 is 1.52 bits per heavy atom. The van der Waals surface area contributed by atoms with Gasteiger partial charge in [-0.25, -0.2) is 14.5 Å². The van der Waals surface area contributed by atoms with E-state index in [1.165, 1.54) is 13.2 Å². The molecule has 4 aromatic rings. The summed E-state index contributed by atoms with van der Waals surface area (Å²) in [5, 5.41) is 12.1. The number of rotatable bonds is 12. The van der Waals surface area contributed by atoms with E-state index in [-0.39, 0.29) is 25.5 Å². The van der Waals surface area contributed by atoms with Gasteiger partial charge in [0.1, 0.15) is 48.5 Å². The van der Waals surface area contributed by atoms with Crippen LogP contribution in [0.2, 0.25) is 0 Å². The van der Waals surface area contributed by atoms with Crippen LogP contribution in [0.25, 0.3) is 0 Å². The molecule has 2 fully saturated rings. The van der Waals surface area contributed by atoms with Crippen molar-refractivity contribution in [3.8, 4) is 5.75 Å². The number of cyclic esters (lactones) is 1. The van der Waals surface area contributed by atoms with Crippen molar-refractivity contribution in [2.24, 2.45) is 11.8 Å². The molecule has 58 heavy (non-hydrogen) atoms. The number of imide groups is 1. The van der Waals surface area contributed by atoms with Gasteiger partial charge >= 0.3 is 23.9 Å². The van der Waals surface area contributed by atoms with Crippen molar-refractivity contribution in [2.45, 2.75) is 49.5 Å². The van der Waals surface area contributed by atoms with Gasteiger partial charge in [0.15, 0.2) is 0 Å². The maximum absolute atomic E-state index is 15.9. The highest BCUT2D eigenvalue weighted by Gasteiger charge is 2.76. The minimum atomic E-state index is -2.00. The molecule has 3 amide bonds. The van der Waals surface area contributed by atoms with Gasteiger partial charge in [0.05, 0.1) is 31.5 Å². The van der Waals surface area contributed by atoms with Crippen LogP contribution in [0.3, 0.4) is 0 Å². The molecule has 7 rings (SSSR count). The molecule has 7 unspecified atom stereocenters. The molecule has 4 aromatic carbocycles. The van der Waals surface area contributed by atoms with Crippen molar-refractivity contribution >= 4 is 35.5 Å². The number of nitrogens with one attached hydrogen (secondary N) is 1. The lowest BCUT2D eigenvalue weighted by atomic mass is 9.65. The van der Waals surface area contributed by atoms with E-state index in [2.05, 4.69) is 11.9 Å². The van der Waals surface area contributed by atoms with Crippen LogP contribution < -0.4 is 15.0 Å². The predicted octanol–water partition coefficient (Wildman–Crippen LogP) is 5.36. The average Bonchev–Trinajstić information content (AvgIpc) is 3.70. The fourth-order valence-electron chi connectivity index (χ4n) is 8.79. The number of benzene rings is 4. The molecule has 1 spiro atoms. The lowest BCUT2D eigenvalue weighted by Gasteiger charge is -2.46. The van der Waals surface area contributed by atoms with Crippen LogP contribution in [0.5, 0.6) is 5.75 Å². The van der Waals surface area contributed by atoms with Crippen molar-refractivity contribution in [2.75, 3.05) is 31.8 Å². The first-order chi connectivity index (χ1) is 28.1. The Labute approximate surface area is 336 Å². The Kier molecular flexibility index (Phi) is 11.5. The summed E-state index contributed by atoms with van der Waals surface area (Å²) in [6, 6.07) is 26.8. The van der Waals surface area contributed by atoms with E-state index in [1.807, 2.05) is 65.6 Å². The van der Waals surface area contributed by atoms with Gasteiger partial charge < -0.3 is 29.4 Å². The number of para-hydroxylation sites is 1. The van der Waals surface area contributed by atoms with E-state index in [9.17, 15) is 24.3 Å². The molecule has 13 heteroatoms. The summed E-state index contributed by atoms with van der Waals surface area (Å²) in [7, 11) is 1.21. The van der Waals surface area contributed by atoms with Crippen molar-refractivity contribution in [1.29, 1.82) is 0 Å². The van der Waals surface area contributed by atoms with Crippen LogP contribution in [0.1, 0.15) is 54.3 Å². The maximum Gasteiger partial charge on any atom is 0.329 e. The number of nitrogens with zero attached hydrogens (tertiary/aromatic N) is 2. The van der Waals surface area contributed by atoms with Crippen LogP contribution >= 0.6 is 0 Å². The summed E-state index contributed by atoms with van der Waals surface area (Å²) in [5.74, 6) is -4.70. The highest BCUT2D eigenvalue weighted by Crippen LogP contribution is 2.66. The van der Waals surface area contributed by atoms with Gasteiger partial charge in [-0.15, -0.1) is 0 Å². The minimum absolute atomic E-state index is 0.0394. The molecule has 300 valence electrons. The Morgan fingerprint density at radius 1 is 0.879 bits per heavy atom. The SMILES string of the molecule is C=CCOC(=O)C1C2C(=O)OC(c3ccccc3)C(c3ccccc3)N2C(c2ccc(OCCO)cc2)C12C(=O)N(C(=O)NC(C(=O)OC)C(C)C)c1ccccc12. The van der Waals surface area contributed by atoms with E-state index < -0.39 is 77.4 Å². The zero-order chi connectivity index (χ0) is 41.1. The van der Waals surface area contributed by atoms with Crippen LogP contribution in [0, 0.1) is 11.8 Å². The van der Waals surface area contributed by atoms with Crippen molar-refractivity contribution < 1.29 is 48.0 Å². The molecule has 0 saturated carbocycles. The van der Waals surface area contributed by atoms with Gasteiger partial charge in [0.25, 0.3) is 0 Å². The van der Waals surface area contributed by atoms with Crippen molar-refractivity contribution in [3.63, 3.8) is 0 Å². The maximum atomic E-state index is 15.9.